The maximum Gasteiger partial charge on any atom is 0.118 e. The second-order valence-corrected chi connectivity index (χ2v) is 8.70. The fourth-order valence-electron chi connectivity index (χ4n) is 4.26. The zero-order valence-corrected chi connectivity index (χ0v) is 17.9. The molecule has 4 heteroatoms. The number of fused-ring (bicyclic) bond motifs is 1. The van der Waals surface area contributed by atoms with Crippen molar-refractivity contribution in [2.75, 3.05) is 26.7 Å². The normalized spacial score (nSPS) is 19.1. The molecule has 2 atom stereocenters. The molecule has 1 aliphatic heterocycles. The second-order valence-electron chi connectivity index (χ2n) is 7.97. The maximum atomic E-state index is 5.31. The molecule has 1 fully saturated rings. The van der Waals surface area contributed by atoms with E-state index in [9.17, 15) is 0 Å². The van der Waals surface area contributed by atoms with Gasteiger partial charge in [-0.3, -0.25) is 4.90 Å². The standard InChI is InChI=1S/C25H30N2OS/c1-28-23-11-9-19(10-12-23)17-27(18-22-15-24(29)16-26-22)14-13-21-7-4-6-20-5-2-3-8-25(20)21/h2-12,22,24,26,29H,13-18H2,1H3. The maximum absolute atomic E-state index is 5.31. The number of nitrogens with one attached hydrogen (secondary N) is 1. The van der Waals surface area contributed by atoms with Gasteiger partial charge in [0.05, 0.1) is 7.11 Å². The molecule has 3 aromatic rings. The average molecular weight is 407 g/mol. The fraction of sp³-hybridized carbons (Fsp3) is 0.360. The van der Waals surface area contributed by atoms with Gasteiger partial charge in [0.25, 0.3) is 0 Å². The molecule has 0 radical (unpaired) electrons. The van der Waals surface area contributed by atoms with Crippen molar-refractivity contribution in [3.8, 4) is 5.75 Å². The summed E-state index contributed by atoms with van der Waals surface area (Å²) in [5.41, 5.74) is 2.75. The minimum Gasteiger partial charge on any atom is -0.497 e. The lowest BCUT2D eigenvalue weighted by Crippen LogP contribution is -2.38. The van der Waals surface area contributed by atoms with E-state index < -0.39 is 0 Å². The molecule has 29 heavy (non-hydrogen) atoms. The molecule has 0 aromatic heterocycles. The Bertz CT molecular complexity index is 922. The van der Waals surface area contributed by atoms with Crippen LogP contribution in [0.25, 0.3) is 10.8 Å². The minimum absolute atomic E-state index is 0.473. The van der Waals surface area contributed by atoms with Crippen molar-refractivity contribution in [3.63, 3.8) is 0 Å². The second kappa shape index (κ2) is 9.66. The van der Waals surface area contributed by atoms with E-state index in [1.165, 1.54) is 21.9 Å². The van der Waals surface area contributed by atoms with Crippen molar-refractivity contribution in [1.82, 2.24) is 10.2 Å². The van der Waals surface area contributed by atoms with E-state index in [4.69, 9.17) is 4.74 Å². The number of nitrogens with zero attached hydrogens (tertiary/aromatic N) is 1. The topological polar surface area (TPSA) is 24.5 Å². The summed E-state index contributed by atoms with van der Waals surface area (Å²) in [5.74, 6) is 0.909. The summed E-state index contributed by atoms with van der Waals surface area (Å²) in [6.07, 6.45) is 2.19. The van der Waals surface area contributed by atoms with Crippen LogP contribution in [-0.2, 0) is 13.0 Å². The van der Waals surface area contributed by atoms with Crippen LogP contribution in [0.2, 0.25) is 0 Å². The Labute approximate surface area is 179 Å². The Morgan fingerprint density at radius 2 is 1.83 bits per heavy atom. The fourth-order valence-corrected chi connectivity index (χ4v) is 4.62. The minimum atomic E-state index is 0.473. The predicted octanol–water partition coefficient (Wildman–Crippen LogP) is 4.55. The quantitative estimate of drug-likeness (QED) is 0.537. The summed E-state index contributed by atoms with van der Waals surface area (Å²) < 4.78 is 5.31. The van der Waals surface area contributed by atoms with Crippen LogP contribution in [0, 0.1) is 0 Å². The van der Waals surface area contributed by atoms with E-state index >= 15 is 0 Å². The number of rotatable bonds is 8. The summed E-state index contributed by atoms with van der Waals surface area (Å²) in [4.78, 5) is 2.58. The molecule has 0 bridgehead atoms. The Kier molecular flexibility index (Phi) is 6.75. The SMILES string of the molecule is COc1ccc(CN(CCc2cccc3ccccc23)CC2CC(S)CN2)cc1. The average Bonchev–Trinajstić information content (AvgIpc) is 3.17. The number of benzene rings is 3. The van der Waals surface area contributed by atoms with Gasteiger partial charge in [-0.05, 0) is 46.9 Å². The van der Waals surface area contributed by atoms with E-state index in [-0.39, 0.29) is 0 Å². The van der Waals surface area contributed by atoms with Gasteiger partial charge in [-0.2, -0.15) is 12.6 Å². The third-order valence-corrected chi connectivity index (χ3v) is 6.21. The zero-order valence-electron chi connectivity index (χ0n) is 17.1. The van der Waals surface area contributed by atoms with Crippen molar-refractivity contribution >= 4 is 23.4 Å². The van der Waals surface area contributed by atoms with Crippen LogP contribution in [0.5, 0.6) is 5.75 Å². The van der Waals surface area contributed by atoms with Crippen molar-refractivity contribution in [3.05, 3.63) is 77.9 Å². The summed E-state index contributed by atoms with van der Waals surface area (Å²) >= 11 is 4.65. The molecule has 3 aromatic carbocycles. The lowest BCUT2D eigenvalue weighted by molar-refractivity contribution is 0.244. The van der Waals surface area contributed by atoms with Crippen LogP contribution in [-0.4, -0.2) is 42.9 Å². The molecule has 1 heterocycles. The highest BCUT2D eigenvalue weighted by molar-refractivity contribution is 7.81. The van der Waals surface area contributed by atoms with Crippen LogP contribution in [0.3, 0.4) is 0 Å². The highest BCUT2D eigenvalue weighted by Gasteiger charge is 2.23. The molecule has 3 nitrogen and oxygen atoms in total. The summed E-state index contributed by atoms with van der Waals surface area (Å²) in [6.45, 7) is 4.04. The van der Waals surface area contributed by atoms with Gasteiger partial charge in [-0.15, -0.1) is 0 Å². The van der Waals surface area contributed by atoms with Gasteiger partial charge in [0, 0.05) is 37.5 Å². The van der Waals surface area contributed by atoms with E-state index in [0.29, 0.717) is 11.3 Å². The van der Waals surface area contributed by atoms with Gasteiger partial charge in [0.1, 0.15) is 5.75 Å². The molecule has 1 saturated heterocycles. The molecular weight excluding hydrogens is 376 g/mol. The molecule has 1 N–H and O–H groups in total. The Morgan fingerprint density at radius 1 is 1.03 bits per heavy atom. The molecule has 2 unspecified atom stereocenters. The number of hydrogen-bond donors (Lipinski definition) is 2. The smallest absolute Gasteiger partial charge is 0.118 e. The number of hydrogen-bond acceptors (Lipinski definition) is 4. The van der Waals surface area contributed by atoms with Gasteiger partial charge in [-0.25, -0.2) is 0 Å². The van der Waals surface area contributed by atoms with Crippen molar-refractivity contribution < 1.29 is 4.74 Å². The third kappa shape index (κ3) is 5.33. The van der Waals surface area contributed by atoms with Crippen LogP contribution >= 0.6 is 12.6 Å². The monoisotopic (exact) mass is 406 g/mol. The first-order valence-corrected chi connectivity index (χ1v) is 11.0. The lowest BCUT2D eigenvalue weighted by Gasteiger charge is -2.26. The molecule has 4 rings (SSSR count). The Balaban J connectivity index is 1.47. The molecular formula is C25H30N2OS. The largest absolute Gasteiger partial charge is 0.497 e. The predicted molar refractivity (Wildman–Crippen MR) is 125 cm³/mol. The highest BCUT2D eigenvalue weighted by Crippen LogP contribution is 2.21. The summed E-state index contributed by atoms with van der Waals surface area (Å²) in [5, 5.41) is 6.79. The Hall–Kier alpha value is -2.01. The van der Waals surface area contributed by atoms with Gasteiger partial charge in [0.2, 0.25) is 0 Å². The van der Waals surface area contributed by atoms with Crippen molar-refractivity contribution in [2.45, 2.75) is 30.7 Å². The van der Waals surface area contributed by atoms with Crippen LogP contribution in [0.4, 0.5) is 0 Å². The number of ether oxygens (including phenoxy) is 1. The van der Waals surface area contributed by atoms with E-state index in [2.05, 4.69) is 89.6 Å². The lowest BCUT2D eigenvalue weighted by atomic mass is 10.0. The zero-order chi connectivity index (χ0) is 20.1. The van der Waals surface area contributed by atoms with Crippen LogP contribution in [0.1, 0.15) is 17.5 Å². The molecule has 0 amide bonds. The van der Waals surface area contributed by atoms with Gasteiger partial charge in [0.15, 0.2) is 0 Å². The van der Waals surface area contributed by atoms with Gasteiger partial charge < -0.3 is 10.1 Å². The number of thiol groups is 1. The van der Waals surface area contributed by atoms with E-state index in [1.54, 1.807) is 7.11 Å². The van der Waals surface area contributed by atoms with E-state index in [1.807, 2.05) is 0 Å². The van der Waals surface area contributed by atoms with Crippen molar-refractivity contribution in [1.29, 1.82) is 0 Å². The molecule has 1 aliphatic rings. The molecule has 0 aliphatic carbocycles. The first kappa shape index (κ1) is 20.3. The molecule has 0 saturated carbocycles. The third-order valence-electron chi connectivity index (χ3n) is 5.82. The summed E-state index contributed by atoms with van der Waals surface area (Å²) in [7, 11) is 1.71. The molecule has 152 valence electrons. The van der Waals surface area contributed by atoms with Gasteiger partial charge >= 0.3 is 0 Å². The number of methoxy groups -OCH3 is 1. The highest BCUT2D eigenvalue weighted by atomic mass is 32.1. The van der Waals surface area contributed by atoms with Gasteiger partial charge in [-0.1, -0.05) is 54.6 Å². The molecule has 0 spiro atoms. The van der Waals surface area contributed by atoms with E-state index in [0.717, 1.165) is 44.8 Å². The summed E-state index contributed by atoms with van der Waals surface area (Å²) in [6, 6.07) is 24.3. The van der Waals surface area contributed by atoms with Crippen molar-refractivity contribution in [2.24, 2.45) is 0 Å². The first-order chi connectivity index (χ1) is 14.2. The van der Waals surface area contributed by atoms with Crippen LogP contribution < -0.4 is 10.1 Å². The first-order valence-electron chi connectivity index (χ1n) is 10.4. The van der Waals surface area contributed by atoms with Crippen LogP contribution in [0.15, 0.2) is 66.7 Å². The Morgan fingerprint density at radius 3 is 2.59 bits per heavy atom.